The molecule has 0 amide bonds. The van der Waals surface area contributed by atoms with Crippen molar-refractivity contribution < 1.29 is 24.2 Å². The van der Waals surface area contributed by atoms with Crippen LogP contribution in [0.3, 0.4) is 0 Å². The number of carboxylic acid groups (broad SMARTS) is 1. The smallest absolute Gasteiger partial charge is 0.362 e. The number of aromatic carboxylic acids is 1. The maximum atomic E-state index is 11.9. The van der Waals surface area contributed by atoms with Crippen LogP contribution in [-0.2, 0) is 0 Å². The molecule has 2 rings (SSSR count). The summed E-state index contributed by atoms with van der Waals surface area (Å²) >= 11 is 0. The molecule has 7 nitrogen and oxygen atoms in total. The molecule has 0 radical (unpaired) electrons. The van der Waals surface area contributed by atoms with E-state index >= 15 is 0 Å². The molecular formula is C12H10N2O5. The highest BCUT2D eigenvalue weighted by molar-refractivity contribution is 6.01. The normalized spacial score (nSPS) is 9.95. The molecule has 98 valence electrons. The summed E-state index contributed by atoms with van der Waals surface area (Å²) in [4.78, 5) is 22.7. The monoisotopic (exact) mass is 262 g/mol. The van der Waals surface area contributed by atoms with Gasteiger partial charge < -0.3 is 14.6 Å². The van der Waals surface area contributed by atoms with E-state index in [0.717, 1.165) is 6.20 Å². The first-order valence-corrected chi connectivity index (χ1v) is 5.25. The van der Waals surface area contributed by atoms with Crippen LogP contribution >= 0.6 is 0 Å². The Hall–Kier alpha value is -2.83. The summed E-state index contributed by atoms with van der Waals surface area (Å²) in [6.07, 6.45) is 1.04. The number of benzene rings is 1. The molecule has 1 heterocycles. The zero-order valence-corrected chi connectivity index (χ0v) is 9.91. The predicted octanol–water partition coefficient (Wildman–Crippen LogP) is 1.34. The first-order valence-electron chi connectivity index (χ1n) is 5.25. The van der Waals surface area contributed by atoms with E-state index in [1.165, 1.54) is 13.2 Å². The van der Waals surface area contributed by atoms with Gasteiger partial charge in [-0.1, -0.05) is 12.1 Å². The lowest BCUT2D eigenvalue weighted by atomic mass is 10.2. The largest absolute Gasteiger partial charge is 0.493 e. The quantitative estimate of drug-likeness (QED) is 0.636. The molecule has 1 aromatic heterocycles. The Morgan fingerprint density at radius 1 is 1.26 bits per heavy atom. The SMILES string of the molecule is COc1ccccc1OC(=O)c1[nH]ncc1C(=O)O. The van der Waals surface area contributed by atoms with Crippen molar-refractivity contribution in [3.63, 3.8) is 0 Å². The molecular weight excluding hydrogens is 252 g/mol. The molecule has 19 heavy (non-hydrogen) atoms. The number of nitrogens with one attached hydrogen (secondary N) is 1. The van der Waals surface area contributed by atoms with Gasteiger partial charge in [-0.3, -0.25) is 5.10 Å². The van der Waals surface area contributed by atoms with Crippen LogP contribution in [-0.4, -0.2) is 34.4 Å². The summed E-state index contributed by atoms with van der Waals surface area (Å²) in [6.45, 7) is 0. The molecule has 0 fully saturated rings. The van der Waals surface area contributed by atoms with Gasteiger partial charge in [0.05, 0.1) is 13.3 Å². The number of aromatic nitrogens is 2. The van der Waals surface area contributed by atoms with Crippen molar-refractivity contribution in [3.05, 3.63) is 41.7 Å². The molecule has 0 aliphatic carbocycles. The van der Waals surface area contributed by atoms with Crippen LogP contribution in [0.5, 0.6) is 11.5 Å². The average molecular weight is 262 g/mol. The van der Waals surface area contributed by atoms with Gasteiger partial charge >= 0.3 is 11.9 Å². The van der Waals surface area contributed by atoms with Gasteiger partial charge in [0.15, 0.2) is 17.2 Å². The average Bonchev–Trinajstić information content (AvgIpc) is 2.88. The maximum absolute atomic E-state index is 11.9. The predicted molar refractivity (Wildman–Crippen MR) is 63.5 cm³/mol. The molecule has 0 aliphatic heterocycles. The minimum atomic E-state index is -1.26. The number of carbonyl (C=O) groups is 2. The van der Waals surface area contributed by atoms with E-state index in [-0.39, 0.29) is 17.0 Å². The number of rotatable bonds is 4. The van der Waals surface area contributed by atoms with Crippen LogP contribution in [0.15, 0.2) is 30.5 Å². The first-order chi connectivity index (χ1) is 9.13. The third-order valence-corrected chi connectivity index (χ3v) is 2.35. The van der Waals surface area contributed by atoms with Gasteiger partial charge in [-0.05, 0) is 12.1 Å². The molecule has 0 unspecified atom stereocenters. The van der Waals surface area contributed by atoms with E-state index in [1.54, 1.807) is 18.2 Å². The third kappa shape index (κ3) is 2.54. The number of hydrogen-bond acceptors (Lipinski definition) is 5. The third-order valence-electron chi connectivity index (χ3n) is 2.35. The van der Waals surface area contributed by atoms with Gasteiger partial charge in [0.25, 0.3) is 0 Å². The second kappa shape index (κ2) is 5.21. The summed E-state index contributed by atoms with van der Waals surface area (Å²) in [5.41, 5.74) is -0.474. The molecule has 7 heteroatoms. The van der Waals surface area contributed by atoms with E-state index in [2.05, 4.69) is 10.2 Å². The van der Waals surface area contributed by atoms with Crippen molar-refractivity contribution >= 4 is 11.9 Å². The van der Waals surface area contributed by atoms with E-state index in [0.29, 0.717) is 5.75 Å². The summed E-state index contributed by atoms with van der Waals surface area (Å²) in [6, 6.07) is 6.53. The molecule has 0 saturated heterocycles. The Morgan fingerprint density at radius 2 is 1.95 bits per heavy atom. The molecule has 2 N–H and O–H groups in total. The van der Waals surface area contributed by atoms with Crippen LogP contribution in [0.2, 0.25) is 0 Å². The Bertz CT molecular complexity index is 620. The van der Waals surface area contributed by atoms with Crippen LogP contribution in [0.1, 0.15) is 20.8 Å². The summed E-state index contributed by atoms with van der Waals surface area (Å²) < 4.78 is 10.1. The Balaban J connectivity index is 2.26. The fourth-order valence-corrected chi connectivity index (χ4v) is 1.46. The van der Waals surface area contributed by atoms with E-state index in [1.807, 2.05) is 0 Å². The summed E-state index contributed by atoms with van der Waals surface area (Å²) in [7, 11) is 1.44. The number of carboxylic acids is 1. The zero-order valence-electron chi connectivity index (χ0n) is 9.91. The van der Waals surface area contributed by atoms with Crippen molar-refractivity contribution in [3.8, 4) is 11.5 Å². The van der Waals surface area contributed by atoms with Gasteiger partial charge in [-0.2, -0.15) is 5.10 Å². The lowest BCUT2D eigenvalue weighted by molar-refractivity contribution is 0.0664. The van der Waals surface area contributed by atoms with Crippen molar-refractivity contribution in [2.75, 3.05) is 7.11 Å². The highest BCUT2D eigenvalue weighted by atomic mass is 16.6. The van der Waals surface area contributed by atoms with Gasteiger partial charge in [-0.15, -0.1) is 0 Å². The number of esters is 1. The van der Waals surface area contributed by atoms with Gasteiger partial charge in [0.1, 0.15) is 5.56 Å². The lowest BCUT2D eigenvalue weighted by Gasteiger charge is -2.07. The Morgan fingerprint density at radius 3 is 2.58 bits per heavy atom. The number of para-hydroxylation sites is 2. The Labute approximate surface area is 107 Å². The minimum absolute atomic E-state index is 0.195. The molecule has 0 aliphatic rings. The molecule has 2 aromatic rings. The first kappa shape index (κ1) is 12.6. The summed E-state index contributed by atoms with van der Waals surface area (Å²) in [5.74, 6) is -1.55. The van der Waals surface area contributed by atoms with Crippen LogP contribution in [0, 0.1) is 0 Å². The number of aromatic amines is 1. The second-order valence-electron chi connectivity index (χ2n) is 3.50. The highest BCUT2D eigenvalue weighted by Crippen LogP contribution is 2.26. The fourth-order valence-electron chi connectivity index (χ4n) is 1.46. The number of H-pyrrole nitrogens is 1. The standard InChI is InChI=1S/C12H10N2O5/c1-18-8-4-2-3-5-9(8)19-12(17)10-7(11(15)16)6-13-14-10/h2-6H,1H3,(H,13,14)(H,15,16). The second-order valence-corrected chi connectivity index (χ2v) is 3.50. The van der Waals surface area contributed by atoms with Gasteiger partial charge in [0, 0.05) is 0 Å². The van der Waals surface area contributed by atoms with E-state index in [4.69, 9.17) is 14.6 Å². The van der Waals surface area contributed by atoms with Gasteiger partial charge in [-0.25, -0.2) is 9.59 Å². The van der Waals surface area contributed by atoms with E-state index in [9.17, 15) is 9.59 Å². The number of carbonyl (C=O) groups excluding carboxylic acids is 1. The number of nitrogens with zero attached hydrogens (tertiary/aromatic N) is 1. The number of methoxy groups -OCH3 is 1. The molecule has 0 spiro atoms. The highest BCUT2D eigenvalue weighted by Gasteiger charge is 2.21. The van der Waals surface area contributed by atoms with Crippen LogP contribution < -0.4 is 9.47 Å². The van der Waals surface area contributed by atoms with Gasteiger partial charge in [0.2, 0.25) is 0 Å². The molecule has 0 atom stereocenters. The fraction of sp³-hybridized carbons (Fsp3) is 0.0833. The zero-order chi connectivity index (χ0) is 13.8. The molecule has 0 bridgehead atoms. The number of hydrogen-bond donors (Lipinski definition) is 2. The van der Waals surface area contributed by atoms with Crippen LogP contribution in [0.25, 0.3) is 0 Å². The Kier molecular flexibility index (Phi) is 3.46. The maximum Gasteiger partial charge on any atom is 0.362 e. The minimum Gasteiger partial charge on any atom is -0.493 e. The lowest BCUT2D eigenvalue weighted by Crippen LogP contribution is -2.14. The molecule has 1 aromatic carbocycles. The van der Waals surface area contributed by atoms with Crippen LogP contribution in [0.4, 0.5) is 0 Å². The van der Waals surface area contributed by atoms with E-state index < -0.39 is 11.9 Å². The summed E-state index contributed by atoms with van der Waals surface area (Å²) in [5, 5.41) is 14.7. The van der Waals surface area contributed by atoms with Crippen molar-refractivity contribution in [2.45, 2.75) is 0 Å². The van der Waals surface area contributed by atoms with Crippen molar-refractivity contribution in [1.82, 2.24) is 10.2 Å². The van der Waals surface area contributed by atoms with Crippen molar-refractivity contribution in [1.29, 1.82) is 0 Å². The topological polar surface area (TPSA) is 102 Å². The number of ether oxygens (including phenoxy) is 2. The van der Waals surface area contributed by atoms with Crippen molar-refractivity contribution in [2.24, 2.45) is 0 Å². The molecule has 0 saturated carbocycles.